The van der Waals surface area contributed by atoms with Crippen LogP contribution in [0.15, 0.2) is 55.7 Å². The Morgan fingerprint density at radius 2 is 1.81 bits per heavy atom. The molecule has 16 heavy (non-hydrogen) atoms. The van der Waals surface area contributed by atoms with Crippen molar-refractivity contribution in [3.05, 3.63) is 66.8 Å². The van der Waals surface area contributed by atoms with Crippen LogP contribution in [-0.4, -0.2) is 0 Å². The molecule has 0 spiro atoms. The van der Waals surface area contributed by atoms with Gasteiger partial charge in [0.25, 0.3) is 0 Å². The Morgan fingerprint density at radius 3 is 2.25 bits per heavy atom. The molecule has 0 amide bonds. The van der Waals surface area contributed by atoms with Crippen LogP contribution in [0.4, 0.5) is 0 Å². The number of hydrogen-bond acceptors (Lipinski definition) is 0. The van der Waals surface area contributed by atoms with Gasteiger partial charge in [-0.15, -0.1) is 0 Å². The molecule has 86 valence electrons. The summed E-state index contributed by atoms with van der Waals surface area (Å²) in [5, 5.41) is 0. The van der Waals surface area contributed by atoms with Gasteiger partial charge in [0.1, 0.15) is 0 Å². The van der Waals surface area contributed by atoms with Crippen molar-refractivity contribution in [2.24, 2.45) is 0 Å². The van der Waals surface area contributed by atoms with Gasteiger partial charge >= 0.3 is 0 Å². The van der Waals surface area contributed by atoms with E-state index in [9.17, 15) is 0 Å². The lowest BCUT2D eigenvalue weighted by atomic mass is 10.0. The van der Waals surface area contributed by atoms with E-state index >= 15 is 0 Å². The molecular weight excluding hydrogens is 307 g/mol. The largest absolute Gasteiger partial charge is 0.0991 e. The lowest BCUT2D eigenvalue weighted by Crippen LogP contribution is -1.86. The summed E-state index contributed by atoms with van der Waals surface area (Å²) in [4.78, 5) is 0. The maximum absolute atomic E-state index is 3.36. The molecule has 0 aliphatic rings. The van der Waals surface area contributed by atoms with E-state index in [4.69, 9.17) is 0 Å². The molecule has 0 saturated carbocycles. The highest BCUT2D eigenvalue weighted by Crippen LogP contribution is 2.20. The minimum absolute atomic E-state index is 1.08. The molecule has 0 atom stereocenters. The molecular formula is C15H19I. The molecule has 0 nitrogen and oxygen atoms in total. The lowest BCUT2D eigenvalue weighted by molar-refractivity contribution is 1.39. The molecule has 1 rings (SSSR count). The summed E-state index contributed by atoms with van der Waals surface area (Å²) in [5.41, 5.74) is 4.17. The first-order valence-electron chi connectivity index (χ1n) is 5.21. The van der Waals surface area contributed by atoms with Gasteiger partial charge in [0.2, 0.25) is 0 Å². The Balaban J connectivity index is 0.000000487. The summed E-state index contributed by atoms with van der Waals surface area (Å²) < 4.78 is 1.08. The highest BCUT2D eigenvalue weighted by atomic mass is 127. The van der Waals surface area contributed by atoms with Crippen molar-refractivity contribution in [1.29, 1.82) is 0 Å². The van der Waals surface area contributed by atoms with E-state index in [1.807, 2.05) is 0 Å². The Kier molecular flexibility index (Phi) is 8.91. The summed E-state index contributed by atoms with van der Waals surface area (Å²) in [6.45, 7) is 11.0. The van der Waals surface area contributed by atoms with Gasteiger partial charge in [-0.2, -0.15) is 0 Å². The van der Waals surface area contributed by atoms with E-state index in [0.29, 0.717) is 0 Å². The number of benzene rings is 1. The molecule has 1 heteroatoms. The predicted octanol–water partition coefficient (Wildman–Crippen LogP) is 5.40. The van der Waals surface area contributed by atoms with Crippen LogP contribution in [0.25, 0.3) is 5.57 Å². The third-order valence-electron chi connectivity index (χ3n) is 2.19. The Morgan fingerprint density at radius 1 is 1.25 bits per heavy atom. The van der Waals surface area contributed by atoms with Crippen LogP contribution in [0.1, 0.15) is 25.0 Å². The second-order valence-corrected chi connectivity index (χ2v) is 4.00. The van der Waals surface area contributed by atoms with Crippen LogP contribution >= 0.6 is 22.6 Å². The van der Waals surface area contributed by atoms with Gasteiger partial charge in [-0.1, -0.05) is 78.2 Å². The summed E-state index contributed by atoms with van der Waals surface area (Å²) in [6.07, 6.45) is 5.44. The topological polar surface area (TPSA) is 0 Å². The summed E-state index contributed by atoms with van der Waals surface area (Å²) >= 11 is 2.40. The SMILES string of the molecule is C/C=C(\C)c1ccccc1CI.C=CC=C. The van der Waals surface area contributed by atoms with Crippen molar-refractivity contribution in [3.8, 4) is 0 Å². The molecule has 0 saturated heterocycles. The zero-order valence-electron chi connectivity index (χ0n) is 10.0. The fourth-order valence-corrected chi connectivity index (χ4v) is 1.84. The molecule has 0 heterocycles. The molecule has 1 aromatic rings. The van der Waals surface area contributed by atoms with Gasteiger partial charge in [0.15, 0.2) is 0 Å². The van der Waals surface area contributed by atoms with Crippen LogP contribution in [-0.2, 0) is 4.43 Å². The second-order valence-electron chi connectivity index (χ2n) is 3.23. The molecule has 0 unspecified atom stereocenters. The van der Waals surface area contributed by atoms with E-state index in [1.54, 1.807) is 12.2 Å². The monoisotopic (exact) mass is 326 g/mol. The van der Waals surface area contributed by atoms with E-state index in [0.717, 1.165) is 4.43 Å². The third-order valence-corrected chi connectivity index (χ3v) is 3.01. The summed E-state index contributed by atoms with van der Waals surface area (Å²) in [5.74, 6) is 0. The molecule has 0 N–H and O–H groups in total. The second kappa shape index (κ2) is 9.40. The van der Waals surface area contributed by atoms with Gasteiger partial charge in [-0.3, -0.25) is 0 Å². The first kappa shape index (κ1) is 15.2. The van der Waals surface area contributed by atoms with E-state index in [-0.39, 0.29) is 0 Å². The predicted molar refractivity (Wildman–Crippen MR) is 83.9 cm³/mol. The van der Waals surface area contributed by atoms with Crippen molar-refractivity contribution < 1.29 is 0 Å². The number of rotatable bonds is 3. The number of alkyl halides is 1. The quantitative estimate of drug-likeness (QED) is 0.396. The van der Waals surface area contributed by atoms with Crippen molar-refractivity contribution in [2.75, 3.05) is 0 Å². The standard InChI is InChI=1S/C11H13I.C4H6/c1-3-9(2)11-7-5-4-6-10(11)8-12;1-3-4-2/h3-7H,8H2,1-2H3;3-4H,1-2H2/b9-3+;. The fraction of sp³-hybridized carbons (Fsp3) is 0.200. The minimum atomic E-state index is 1.08. The van der Waals surface area contributed by atoms with Gasteiger partial charge in [0, 0.05) is 4.43 Å². The van der Waals surface area contributed by atoms with Crippen molar-refractivity contribution in [2.45, 2.75) is 18.3 Å². The van der Waals surface area contributed by atoms with Crippen LogP contribution in [0.2, 0.25) is 0 Å². The minimum Gasteiger partial charge on any atom is -0.0991 e. The molecule has 0 aromatic heterocycles. The van der Waals surface area contributed by atoms with E-state index in [1.165, 1.54) is 16.7 Å². The third kappa shape index (κ3) is 5.31. The van der Waals surface area contributed by atoms with E-state index < -0.39 is 0 Å². The molecule has 0 fully saturated rings. The van der Waals surface area contributed by atoms with E-state index in [2.05, 4.69) is 79.9 Å². The average Bonchev–Trinajstić information content (AvgIpc) is 2.38. The lowest BCUT2D eigenvalue weighted by Gasteiger charge is -2.05. The highest BCUT2D eigenvalue weighted by Gasteiger charge is 1.99. The van der Waals surface area contributed by atoms with Crippen LogP contribution in [0.5, 0.6) is 0 Å². The molecule has 0 aliphatic carbocycles. The molecule has 0 bridgehead atoms. The number of hydrogen-bond donors (Lipinski definition) is 0. The van der Waals surface area contributed by atoms with Gasteiger partial charge in [0.05, 0.1) is 0 Å². The zero-order valence-corrected chi connectivity index (χ0v) is 12.2. The fourth-order valence-electron chi connectivity index (χ4n) is 1.18. The maximum atomic E-state index is 3.36. The van der Waals surface area contributed by atoms with Gasteiger partial charge in [-0.05, 0) is 30.5 Å². The highest BCUT2D eigenvalue weighted by molar-refractivity contribution is 14.1. The molecule has 0 radical (unpaired) electrons. The van der Waals surface area contributed by atoms with Crippen LogP contribution in [0, 0.1) is 0 Å². The van der Waals surface area contributed by atoms with Crippen LogP contribution in [0.3, 0.4) is 0 Å². The average molecular weight is 326 g/mol. The smallest absolute Gasteiger partial charge is 0.0253 e. The first-order chi connectivity index (χ1) is 7.71. The van der Waals surface area contributed by atoms with Gasteiger partial charge in [-0.25, -0.2) is 0 Å². The van der Waals surface area contributed by atoms with Crippen molar-refractivity contribution in [1.82, 2.24) is 0 Å². The number of allylic oxidation sites excluding steroid dienone is 4. The normalized spacial score (nSPS) is 10.1. The first-order valence-corrected chi connectivity index (χ1v) is 6.74. The van der Waals surface area contributed by atoms with Crippen LogP contribution < -0.4 is 0 Å². The van der Waals surface area contributed by atoms with Crippen molar-refractivity contribution >= 4 is 28.2 Å². The molecule has 1 aromatic carbocycles. The Labute approximate surface area is 113 Å². The Bertz CT molecular complexity index is 355. The summed E-state index contributed by atoms with van der Waals surface area (Å²) in [7, 11) is 0. The zero-order chi connectivity index (χ0) is 12.4. The maximum Gasteiger partial charge on any atom is 0.0253 e. The molecule has 0 aliphatic heterocycles. The van der Waals surface area contributed by atoms with Gasteiger partial charge < -0.3 is 0 Å². The van der Waals surface area contributed by atoms with Crippen molar-refractivity contribution in [3.63, 3.8) is 0 Å². The number of halogens is 1. The Hall–Kier alpha value is -0.830. The summed E-state index contributed by atoms with van der Waals surface area (Å²) in [6, 6.07) is 8.57.